The maximum Gasteiger partial charge on any atom is 0.215 e. The van der Waals surface area contributed by atoms with Crippen LogP contribution in [0.2, 0.25) is 0 Å². The summed E-state index contributed by atoms with van der Waals surface area (Å²) < 4.78 is 15.6. The first-order chi connectivity index (χ1) is 5.40. The molecule has 2 saturated heterocycles. The van der Waals surface area contributed by atoms with E-state index in [1.54, 1.807) is 0 Å². The lowest BCUT2D eigenvalue weighted by Gasteiger charge is -2.28. The van der Waals surface area contributed by atoms with E-state index in [4.69, 9.17) is 14.2 Å². The topological polar surface area (TPSA) is 44.8 Å². The molecule has 4 nitrogen and oxygen atoms in total. The molecule has 0 aromatic carbocycles. The van der Waals surface area contributed by atoms with Crippen LogP contribution in [0.3, 0.4) is 0 Å². The van der Waals surface area contributed by atoms with Crippen LogP contribution in [-0.4, -0.2) is 38.0 Å². The van der Waals surface area contributed by atoms with Crippen molar-refractivity contribution in [1.82, 2.24) is 0 Å². The number of fused-ring (bicyclic) bond motifs is 1. The second kappa shape index (κ2) is 2.89. The predicted octanol–water partition coefficient (Wildman–Crippen LogP) is -0.284. The summed E-state index contributed by atoms with van der Waals surface area (Å²) in [5.41, 5.74) is 0. The number of carbonyl (C=O) groups is 1. The third-order valence-electron chi connectivity index (χ3n) is 1.99. The van der Waals surface area contributed by atoms with E-state index < -0.39 is 6.29 Å². The van der Waals surface area contributed by atoms with Gasteiger partial charge in [0.1, 0.15) is 6.10 Å². The maximum absolute atomic E-state index is 10.3. The van der Waals surface area contributed by atoms with Gasteiger partial charge < -0.3 is 14.2 Å². The molecule has 0 radical (unpaired) electrons. The highest BCUT2D eigenvalue weighted by Gasteiger charge is 2.36. The largest absolute Gasteiger partial charge is 0.373 e. The summed E-state index contributed by atoms with van der Waals surface area (Å²) in [5, 5.41) is 0. The molecule has 0 spiro atoms. The SMILES string of the molecule is O=CC1OCC2OCCC2O1. The van der Waals surface area contributed by atoms with E-state index in [-0.39, 0.29) is 12.2 Å². The second-order valence-corrected chi connectivity index (χ2v) is 2.71. The monoisotopic (exact) mass is 158 g/mol. The maximum atomic E-state index is 10.3. The van der Waals surface area contributed by atoms with Gasteiger partial charge in [0, 0.05) is 6.61 Å². The van der Waals surface area contributed by atoms with E-state index in [2.05, 4.69) is 0 Å². The predicted molar refractivity (Wildman–Crippen MR) is 35.0 cm³/mol. The normalized spacial score (nSPS) is 43.5. The lowest BCUT2D eigenvalue weighted by molar-refractivity contribution is -0.224. The van der Waals surface area contributed by atoms with E-state index >= 15 is 0 Å². The van der Waals surface area contributed by atoms with E-state index in [1.165, 1.54) is 0 Å². The van der Waals surface area contributed by atoms with Crippen LogP contribution >= 0.6 is 0 Å². The first-order valence-electron chi connectivity index (χ1n) is 3.74. The molecule has 2 rings (SSSR count). The van der Waals surface area contributed by atoms with Crippen molar-refractivity contribution in [2.24, 2.45) is 0 Å². The molecular weight excluding hydrogens is 148 g/mol. The fourth-order valence-corrected chi connectivity index (χ4v) is 1.41. The van der Waals surface area contributed by atoms with Crippen molar-refractivity contribution >= 4 is 6.29 Å². The van der Waals surface area contributed by atoms with Crippen LogP contribution in [0, 0.1) is 0 Å². The van der Waals surface area contributed by atoms with Crippen molar-refractivity contribution in [2.45, 2.75) is 24.9 Å². The number of rotatable bonds is 1. The Kier molecular flexibility index (Phi) is 1.89. The van der Waals surface area contributed by atoms with Crippen molar-refractivity contribution < 1.29 is 19.0 Å². The van der Waals surface area contributed by atoms with Crippen LogP contribution in [0.25, 0.3) is 0 Å². The van der Waals surface area contributed by atoms with Crippen molar-refractivity contribution in [3.8, 4) is 0 Å². The van der Waals surface area contributed by atoms with Gasteiger partial charge >= 0.3 is 0 Å². The van der Waals surface area contributed by atoms with Crippen LogP contribution in [0.15, 0.2) is 0 Å². The molecule has 62 valence electrons. The van der Waals surface area contributed by atoms with E-state index in [1.807, 2.05) is 0 Å². The third kappa shape index (κ3) is 1.29. The molecule has 0 amide bonds. The van der Waals surface area contributed by atoms with Crippen molar-refractivity contribution in [2.75, 3.05) is 13.2 Å². The molecule has 0 N–H and O–H groups in total. The number of aldehydes is 1. The van der Waals surface area contributed by atoms with Crippen LogP contribution in [0.1, 0.15) is 6.42 Å². The van der Waals surface area contributed by atoms with Gasteiger partial charge in [0.25, 0.3) is 0 Å². The first-order valence-corrected chi connectivity index (χ1v) is 3.74. The molecule has 2 aliphatic rings. The molecule has 0 saturated carbocycles. The molecule has 0 aliphatic carbocycles. The molecule has 0 bridgehead atoms. The van der Waals surface area contributed by atoms with Crippen molar-refractivity contribution in [3.63, 3.8) is 0 Å². The van der Waals surface area contributed by atoms with Gasteiger partial charge in [-0.1, -0.05) is 0 Å². The fraction of sp³-hybridized carbons (Fsp3) is 0.857. The summed E-state index contributed by atoms with van der Waals surface area (Å²) >= 11 is 0. The Balaban J connectivity index is 1.96. The number of carbonyl (C=O) groups excluding carboxylic acids is 1. The van der Waals surface area contributed by atoms with Crippen LogP contribution in [0.4, 0.5) is 0 Å². The summed E-state index contributed by atoms with van der Waals surface area (Å²) in [4.78, 5) is 10.3. The zero-order valence-corrected chi connectivity index (χ0v) is 6.06. The first kappa shape index (κ1) is 7.21. The highest BCUT2D eigenvalue weighted by molar-refractivity contribution is 5.54. The van der Waals surface area contributed by atoms with Gasteiger partial charge in [0.15, 0.2) is 6.29 Å². The molecule has 0 aromatic heterocycles. The smallest absolute Gasteiger partial charge is 0.215 e. The molecule has 2 heterocycles. The number of ether oxygens (including phenoxy) is 3. The fourth-order valence-electron chi connectivity index (χ4n) is 1.41. The van der Waals surface area contributed by atoms with Gasteiger partial charge in [0.05, 0.1) is 12.7 Å². The van der Waals surface area contributed by atoms with Crippen molar-refractivity contribution in [3.05, 3.63) is 0 Å². The third-order valence-corrected chi connectivity index (χ3v) is 1.99. The molecule has 4 heteroatoms. The zero-order valence-electron chi connectivity index (χ0n) is 6.06. The molecule has 11 heavy (non-hydrogen) atoms. The molecule has 2 aliphatic heterocycles. The van der Waals surface area contributed by atoms with Gasteiger partial charge in [-0.25, -0.2) is 0 Å². The van der Waals surface area contributed by atoms with Gasteiger partial charge in [-0.3, -0.25) is 4.79 Å². The van der Waals surface area contributed by atoms with Crippen LogP contribution in [-0.2, 0) is 19.0 Å². The van der Waals surface area contributed by atoms with E-state index in [0.29, 0.717) is 19.5 Å². The second-order valence-electron chi connectivity index (χ2n) is 2.71. The van der Waals surface area contributed by atoms with Gasteiger partial charge in [-0.15, -0.1) is 0 Å². The molecule has 3 atom stereocenters. The van der Waals surface area contributed by atoms with E-state index in [9.17, 15) is 4.79 Å². The highest BCUT2D eigenvalue weighted by atomic mass is 16.7. The minimum Gasteiger partial charge on any atom is -0.373 e. The Morgan fingerprint density at radius 1 is 1.27 bits per heavy atom. The zero-order chi connectivity index (χ0) is 7.68. The molecule has 0 aromatic rings. The lowest BCUT2D eigenvalue weighted by Crippen LogP contribution is -2.41. The Morgan fingerprint density at radius 3 is 3.00 bits per heavy atom. The van der Waals surface area contributed by atoms with Crippen molar-refractivity contribution in [1.29, 1.82) is 0 Å². The quantitative estimate of drug-likeness (QED) is 0.492. The average molecular weight is 158 g/mol. The Morgan fingerprint density at radius 2 is 2.18 bits per heavy atom. The average Bonchev–Trinajstić information content (AvgIpc) is 2.50. The summed E-state index contributed by atoms with van der Waals surface area (Å²) in [5.74, 6) is 0. The minimum absolute atomic E-state index is 0.0474. The molecular formula is C7H10O4. The molecule has 2 fully saturated rings. The summed E-state index contributed by atoms with van der Waals surface area (Å²) in [6, 6.07) is 0. The van der Waals surface area contributed by atoms with E-state index in [0.717, 1.165) is 6.42 Å². The van der Waals surface area contributed by atoms with Crippen LogP contribution < -0.4 is 0 Å². The standard InChI is InChI=1S/C7H10O4/c8-3-7-10-4-6-5(11-7)1-2-9-6/h3,5-7H,1-2,4H2. The Hall–Kier alpha value is -0.450. The van der Waals surface area contributed by atoms with Gasteiger partial charge in [-0.2, -0.15) is 0 Å². The molecule has 3 unspecified atom stereocenters. The van der Waals surface area contributed by atoms with Gasteiger partial charge in [0.2, 0.25) is 6.29 Å². The highest BCUT2D eigenvalue weighted by Crippen LogP contribution is 2.23. The Labute approximate surface area is 64.4 Å². The number of hydrogen-bond acceptors (Lipinski definition) is 4. The summed E-state index contributed by atoms with van der Waals surface area (Å²) in [7, 11) is 0. The van der Waals surface area contributed by atoms with Crippen LogP contribution in [0.5, 0.6) is 0 Å². The Bertz CT molecular complexity index is 159. The lowest BCUT2D eigenvalue weighted by atomic mass is 10.2. The summed E-state index contributed by atoms with van der Waals surface area (Å²) in [6.07, 6.45) is 0.996. The number of hydrogen-bond donors (Lipinski definition) is 0. The van der Waals surface area contributed by atoms with Gasteiger partial charge in [-0.05, 0) is 6.42 Å². The minimum atomic E-state index is -0.669. The summed E-state index contributed by atoms with van der Waals surface area (Å²) in [6.45, 7) is 1.19.